The Kier molecular flexibility index (Phi) is 6.65. The molecule has 0 radical (unpaired) electrons. The highest BCUT2D eigenvalue weighted by Crippen LogP contribution is 2.29. The third-order valence-electron chi connectivity index (χ3n) is 4.35. The molecule has 2 amide bonds. The van der Waals surface area contributed by atoms with Gasteiger partial charge in [0.05, 0.1) is 10.9 Å². The van der Waals surface area contributed by atoms with Gasteiger partial charge in [-0.3, -0.25) is 14.5 Å². The average molecular weight is 382 g/mol. The number of para-hydroxylation sites is 1. The fraction of sp³-hybridized carbons (Fsp3) is 0.286. The number of amidine groups is 1. The molecule has 0 saturated carbocycles. The van der Waals surface area contributed by atoms with E-state index in [9.17, 15) is 9.59 Å². The van der Waals surface area contributed by atoms with Crippen LogP contribution in [0.25, 0.3) is 0 Å². The summed E-state index contributed by atoms with van der Waals surface area (Å²) >= 11 is 1.36. The number of nitrogens with one attached hydrogen (secondary N) is 1. The van der Waals surface area contributed by atoms with Crippen LogP contribution < -0.4 is 5.32 Å². The first-order valence-corrected chi connectivity index (χ1v) is 9.91. The first kappa shape index (κ1) is 19.2. The van der Waals surface area contributed by atoms with Crippen molar-refractivity contribution in [2.45, 2.75) is 24.5 Å². The van der Waals surface area contributed by atoms with Crippen molar-refractivity contribution in [1.82, 2.24) is 10.2 Å². The molecule has 1 N–H and O–H groups in total. The van der Waals surface area contributed by atoms with Crippen molar-refractivity contribution in [3.8, 4) is 0 Å². The minimum absolute atomic E-state index is 0.0508. The lowest BCUT2D eigenvalue weighted by molar-refractivity contribution is -0.130. The molecule has 1 aliphatic rings. The molecule has 1 heterocycles. The number of amides is 2. The first-order valence-electron chi connectivity index (χ1n) is 9.03. The maximum atomic E-state index is 12.7. The lowest BCUT2D eigenvalue weighted by atomic mass is 10.1. The van der Waals surface area contributed by atoms with E-state index in [1.165, 1.54) is 17.3 Å². The van der Waals surface area contributed by atoms with Gasteiger partial charge < -0.3 is 5.32 Å². The molecule has 1 saturated heterocycles. The number of thioether (sulfide) groups is 1. The van der Waals surface area contributed by atoms with E-state index in [-0.39, 0.29) is 18.2 Å². The van der Waals surface area contributed by atoms with Gasteiger partial charge in [-0.1, -0.05) is 60.3 Å². The van der Waals surface area contributed by atoms with Gasteiger partial charge in [-0.25, -0.2) is 4.99 Å². The van der Waals surface area contributed by atoms with Crippen molar-refractivity contribution in [2.24, 2.45) is 4.99 Å². The number of carbonyl (C=O) groups is 2. The van der Waals surface area contributed by atoms with E-state index in [0.717, 1.165) is 18.5 Å². The third kappa shape index (κ3) is 5.20. The summed E-state index contributed by atoms with van der Waals surface area (Å²) < 4.78 is 0. The molecule has 6 heteroatoms. The van der Waals surface area contributed by atoms with E-state index in [4.69, 9.17) is 0 Å². The number of hydrogen-bond acceptors (Lipinski definition) is 4. The topological polar surface area (TPSA) is 61.8 Å². The largest absolute Gasteiger partial charge is 0.358 e. The summed E-state index contributed by atoms with van der Waals surface area (Å²) in [6, 6.07) is 19.7. The number of aryl methyl sites for hydroxylation is 1. The zero-order valence-electron chi connectivity index (χ0n) is 15.3. The summed E-state index contributed by atoms with van der Waals surface area (Å²) in [4.78, 5) is 31.1. The lowest BCUT2D eigenvalue weighted by Gasteiger charge is -2.31. The minimum Gasteiger partial charge on any atom is -0.358 e. The molecule has 0 bridgehead atoms. The summed E-state index contributed by atoms with van der Waals surface area (Å²) in [6.07, 6.45) is 1.94. The van der Waals surface area contributed by atoms with E-state index in [1.807, 2.05) is 48.5 Å². The van der Waals surface area contributed by atoms with Crippen molar-refractivity contribution in [1.29, 1.82) is 0 Å². The Morgan fingerprint density at radius 1 is 1.15 bits per heavy atom. The Morgan fingerprint density at radius 3 is 2.48 bits per heavy atom. The maximum absolute atomic E-state index is 12.7. The van der Waals surface area contributed by atoms with Gasteiger partial charge in [0.25, 0.3) is 0 Å². The van der Waals surface area contributed by atoms with Crippen molar-refractivity contribution in [2.75, 3.05) is 13.6 Å². The number of carbonyl (C=O) groups excluding carboxylic acids is 2. The molecule has 140 valence electrons. The number of benzene rings is 2. The number of hydrogen-bond donors (Lipinski definition) is 1. The SMILES string of the molecule is CNC(=O)[C@@H]1CC(=O)N(CCCc2ccccc2)C(=Nc2ccccc2)S1. The standard InChI is InChI=1S/C21H23N3O2S/c1-22-20(26)18-15-19(25)24(14-8-11-16-9-4-2-5-10-16)21(27-18)23-17-12-6-3-7-13-17/h2-7,9-10,12-13,18H,8,11,14-15H2,1H3,(H,22,26)/t18-/m0/s1. The van der Waals surface area contributed by atoms with Crippen LogP contribution in [-0.4, -0.2) is 40.7 Å². The summed E-state index contributed by atoms with van der Waals surface area (Å²) in [5, 5.41) is 2.80. The van der Waals surface area contributed by atoms with Gasteiger partial charge in [0, 0.05) is 20.0 Å². The molecule has 0 spiro atoms. The van der Waals surface area contributed by atoms with Crippen LogP contribution in [0.3, 0.4) is 0 Å². The van der Waals surface area contributed by atoms with Gasteiger partial charge in [-0.15, -0.1) is 0 Å². The molecule has 1 aliphatic heterocycles. The third-order valence-corrected chi connectivity index (χ3v) is 5.54. The molecule has 0 aromatic heterocycles. The van der Waals surface area contributed by atoms with E-state index < -0.39 is 5.25 Å². The normalized spacial score (nSPS) is 18.6. The number of rotatable bonds is 6. The van der Waals surface area contributed by atoms with Crippen LogP contribution in [0.4, 0.5) is 5.69 Å². The molecule has 3 rings (SSSR count). The minimum atomic E-state index is -0.435. The van der Waals surface area contributed by atoms with Crippen LogP contribution >= 0.6 is 11.8 Å². The van der Waals surface area contributed by atoms with Crippen molar-refractivity contribution >= 4 is 34.4 Å². The van der Waals surface area contributed by atoms with E-state index >= 15 is 0 Å². The number of aliphatic imine (C=N–C) groups is 1. The van der Waals surface area contributed by atoms with E-state index in [2.05, 4.69) is 22.4 Å². The molecular weight excluding hydrogens is 358 g/mol. The van der Waals surface area contributed by atoms with Gasteiger partial charge in [-0.2, -0.15) is 0 Å². The molecule has 5 nitrogen and oxygen atoms in total. The van der Waals surface area contributed by atoms with Gasteiger partial charge in [0.2, 0.25) is 11.8 Å². The van der Waals surface area contributed by atoms with Crippen LogP contribution in [-0.2, 0) is 16.0 Å². The smallest absolute Gasteiger partial charge is 0.233 e. The van der Waals surface area contributed by atoms with Gasteiger partial charge >= 0.3 is 0 Å². The zero-order valence-corrected chi connectivity index (χ0v) is 16.1. The molecule has 2 aromatic carbocycles. The summed E-state index contributed by atoms with van der Waals surface area (Å²) in [5.41, 5.74) is 2.03. The lowest BCUT2D eigenvalue weighted by Crippen LogP contribution is -2.46. The van der Waals surface area contributed by atoms with Crippen molar-refractivity contribution in [3.05, 3.63) is 66.2 Å². The van der Waals surface area contributed by atoms with Gasteiger partial charge in [0.15, 0.2) is 5.17 Å². The Labute approximate surface area is 163 Å². The Hall–Kier alpha value is -2.60. The molecular formula is C21H23N3O2S. The van der Waals surface area contributed by atoms with Crippen LogP contribution in [0, 0.1) is 0 Å². The quantitative estimate of drug-likeness (QED) is 0.834. The van der Waals surface area contributed by atoms with Gasteiger partial charge in [-0.05, 0) is 30.5 Å². The molecule has 0 unspecified atom stereocenters. The summed E-state index contributed by atoms with van der Waals surface area (Å²) in [5.74, 6) is -0.192. The molecule has 0 aliphatic carbocycles. The molecule has 27 heavy (non-hydrogen) atoms. The van der Waals surface area contributed by atoms with Crippen LogP contribution in [0.2, 0.25) is 0 Å². The van der Waals surface area contributed by atoms with Crippen molar-refractivity contribution < 1.29 is 9.59 Å². The Bertz CT molecular complexity index is 809. The van der Waals surface area contributed by atoms with Gasteiger partial charge in [0.1, 0.15) is 0 Å². The Balaban J connectivity index is 1.75. The maximum Gasteiger partial charge on any atom is 0.233 e. The second kappa shape index (κ2) is 9.37. The zero-order chi connectivity index (χ0) is 19.1. The Morgan fingerprint density at radius 2 is 1.81 bits per heavy atom. The highest BCUT2D eigenvalue weighted by molar-refractivity contribution is 8.15. The second-order valence-electron chi connectivity index (χ2n) is 6.29. The average Bonchev–Trinajstić information content (AvgIpc) is 2.70. The predicted molar refractivity (Wildman–Crippen MR) is 110 cm³/mol. The fourth-order valence-corrected chi connectivity index (χ4v) is 4.10. The first-order chi connectivity index (χ1) is 13.2. The van der Waals surface area contributed by atoms with Crippen molar-refractivity contribution in [3.63, 3.8) is 0 Å². The predicted octanol–water partition coefficient (Wildman–Crippen LogP) is 3.39. The highest BCUT2D eigenvalue weighted by Gasteiger charge is 2.35. The molecule has 2 aromatic rings. The highest BCUT2D eigenvalue weighted by atomic mass is 32.2. The number of nitrogens with zero attached hydrogens (tertiary/aromatic N) is 2. The second-order valence-corrected chi connectivity index (χ2v) is 7.46. The van der Waals surface area contributed by atoms with Crippen LogP contribution in [0.1, 0.15) is 18.4 Å². The monoisotopic (exact) mass is 381 g/mol. The molecule has 1 fully saturated rings. The van der Waals surface area contributed by atoms with Crippen LogP contribution in [0.15, 0.2) is 65.7 Å². The van der Waals surface area contributed by atoms with E-state index in [1.54, 1.807) is 11.9 Å². The molecule has 1 atom stereocenters. The fourth-order valence-electron chi connectivity index (χ4n) is 2.92. The van der Waals surface area contributed by atoms with Crippen LogP contribution in [0.5, 0.6) is 0 Å². The van der Waals surface area contributed by atoms with E-state index in [0.29, 0.717) is 11.7 Å². The summed E-state index contributed by atoms with van der Waals surface area (Å²) in [7, 11) is 1.59. The summed E-state index contributed by atoms with van der Waals surface area (Å²) in [6.45, 7) is 0.590.